The molecule has 1 rings (SSSR count). The van der Waals surface area contributed by atoms with Crippen molar-refractivity contribution in [1.29, 1.82) is 0 Å². The summed E-state index contributed by atoms with van der Waals surface area (Å²) >= 11 is 0. The van der Waals surface area contributed by atoms with Crippen LogP contribution in [0, 0.1) is 5.92 Å². The van der Waals surface area contributed by atoms with Crippen LogP contribution in [0.1, 0.15) is 32.6 Å². The first-order valence-corrected chi connectivity index (χ1v) is 3.89. The van der Waals surface area contributed by atoms with E-state index < -0.39 is 0 Å². The fourth-order valence-corrected chi connectivity index (χ4v) is 1.57. The van der Waals surface area contributed by atoms with Gasteiger partial charge in [-0.3, -0.25) is 0 Å². The molecule has 57 valence electrons. The van der Waals surface area contributed by atoms with E-state index in [-0.39, 0.29) is 6.10 Å². The second-order valence-corrected chi connectivity index (χ2v) is 2.91. The molecule has 2 heteroatoms. The Morgan fingerprint density at radius 3 is 2.90 bits per heavy atom. The fraction of sp³-hybridized carbons (Fsp3) is 0.875. The fourth-order valence-electron chi connectivity index (χ4n) is 1.57. The summed E-state index contributed by atoms with van der Waals surface area (Å²) in [6.45, 7) is 3.68. The third-order valence-electron chi connectivity index (χ3n) is 2.29. The second kappa shape index (κ2) is 3.59. The lowest BCUT2D eigenvalue weighted by atomic mass is 10.1. The van der Waals surface area contributed by atoms with Crippen molar-refractivity contribution in [2.45, 2.75) is 38.7 Å². The molecule has 10 heavy (non-hydrogen) atoms. The molecule has 0 spiro atoms. The topological polar surface area (TPSA) is 26.3 Å². The van der Waals surface area contributed by atoms with E-state index in [0.29, 0.717) is 0 Å². The van der Waals surface area contributed by atoms with E-state index in [4.69, 9.17) is 4.74 Å². The lowest BCUT2D eigenvalue weighted by molar-refractivity contribution is 0.178. The molecule has 0 aromatic carbocycles. The van der Waals surface area contributed by atoms with Gasteiger partial charge in [0.1, 0.15) is 6.10 Å². The molecule has 1 radical (unpaired) electrons. The molecule has 1 saturated carbocycles. The summed E-state index contributed by atoms with van der Waals surface area (Å²) in [6, 6.07) is 0. The number of carbonyl (C=O) groups excluding carboxylic acids is 1. The van der Waals surface area contributed by atoms with Crippen molar-refractivity contribution in [3.05, 3.63) is 0 Å². The van der Waals surface area contributed by atoms with Crippen molar-refractivity contribution in [1.82, 2.24) is 0 Å². The van der Waals surface area contributed by atoms with Crippen LogP contribution in [0.25, 0.3) is 0 Å². The normalized spacial score (nSPS) is 32.1. The van der Waals surface area contributed by atoms with Gasteiger partial charge >= 0.3 is 6.47 Å². The van der Waals surface area contributed by atoms with Crippen molar-refractivity contribution in [3.8, 4) is 0 Å². The van der Waals surface area contributed by atoms with E-state index in [9.17, 15) is 4.79 Å². The Morgan fingerprint density at radius 2 is 2.40 bits per heavy atom. The highest BCUT2D eigenvalue weighted by Crippen LogP contribution is 2.29. The number of hydrogen-bond acceptors (Lipinski definition) is 2. The summed E-state index contributed by atoms with van der Waals surface area (Å²) in [5.74, 6) is 0.776. The average molecular weight is 141 g/mol. The van der Waals surface area contributed by atoms with E-state index in [1.807, 2.05) is 0 Å². The maximum absolute atomic E-state index is 9.81. The van der Waals surface area contributed by atoms with Crippen LogP contribution in [0.3, 0.4) is 0 Å². The quantitative estimate of drug-likeness (QED) is 0.597. The molecule has 0 N–H and O–H groups in total. The van der Waals surface area contributed by atoms with Crippen molar-refractivity contribution < 1.29 is 9.53 Å². The van der Waals surface area contributed by atoms with Gasteiger partial charge in [0.2, 0.25) is 0 Å². The average Bonchev–Trinajstić information content (AvgIpc) is 2.37. The predicted molar refractivity (Wildman–Crippen MR) is 38.2 cm³/mol. The minimum Gasteiger partial charge on any atom is -0.454 e. The molecular formula is C8H13O2. The van der Waals surface area contributed by atoms with Gasteiger partial charge in [-0.1, -0.05) is 13.3 Å². The van der Waals surface area contributed by atoms with Gasteiger partial charge in [0.15, 0.2) is 0 Å². The Kier molecular flexibility index (Phi) is 2.72. The van der Waals surface area contributed by atoms with Crippen molar-refractivity contribution in [3.63, 3.8) is 0 Å². The van der Waals surface area contributed by atoms with Crippen LogP contribution in [0.5, 0.6) is 0 Å². The highest BCUT2D eigenvalue weighted by molar-refractivity contribution is 5.38. The smallest absolute Gasteiger partial charge is 0.417 e. The highest BCUT2D eigenvalue weighted by atomic mass is 16.5. The van der Waals surface area contributed by atoms with E-state index in [2.05, 4.69) is 6.92 Å². The monoisotopic (exact) mass is 141 g/mol. The SMILES string of the molecule is CCC1CCC(O[C]=O)C1. The first-order chi connectivity index (χ1) is 4.86. The molecule has 0 aromatic rings. The van der Waals surface area contributed by atoms with Crippen LogP contribution >= 0.6 is 0 Å². The molecule has 0 amide bonds. The molecule has 2 nitrogen and oxygen atoms in total. The van der Waals surface area contributed by atoms with Crippen LogP contribution in [-0.2, 0) is 9.53 Å². The Balaban J connectivity index is 2.21. The van der Waals surface area contributed by atoms with Gasteiger partial charge in [0.05, 0.1) is 0 Å². The van der Waals surface area contributed by atoms with Crippen LogP contribution in [0.15, 0.2) is 0 Å². The van der Waals surface area contributed by atoms with Gasteiger partial charge in [-0.2, -0.15) is 0 Å². The largest absolute Gasteiger partial charge is 0.454 e. The zero-order valence-electron chi connectivity index (χ0n) is 6.30. The molecule has 0 aromatic heterocycles. The first-order valence-electron chi connectivity index (χ1n) is 3.89. The summed E-state index contributed by atoms with van der Waals surface area (Å²) in [4.78, 5) is 9.81. The Bertz CT molecular complexity index is 112. The zero-order chi connectivity index (χ0) is 7.40. The number of rotatable bonds is 3. The van der Waals surface area contributed by atoms with E-state index in [0.717, 1.165) is 18.8 Å². The molecule has 1 fully saturated rings. The van der Waals surface area contributed by atoms with E-state index in [1.165, 1.54) is 19.3 Å². The van der Waals surface area contributed by atoms with Crippen LogP contribution in [0.4, 0.5) is 0 Å². The van der Waals surface area contributed by atoms with Gasteiger partial charge < -0.3 is 4.74 Å². The third-order valence-corrected chi connectivity index (χ3v) is 2.29. The van der Waals surface area contributed by atoms with Crippen LogP contribution < -0.4 is 0 Å². The Hall–Kier alpha value is -0.530. The minimum atomic E-state index is 0.169. The van der Waals surface area contributed by atoms with Crippen molar-refractivity contribution in [2.75, 3.05) is 0 Å². The standard InChI is InChI=1S/C8H13O2/c1-2-7-3-4-8(5-7)10-6-9/h7-8H,2-5H2,1H3. The zero-order valence-corrected chi connectivity index (χ0v) is 6.30. The molecule has 0 saturated heterocycles. The minimum absolute atomic E-state index is 0.169. The summed E-state index contributed by atoms with van der Waals surface area (Å²) in [7, 11) is 0. The summed E-state index contributed by atoms with van der Waals surface area (Å²) in [6.07, 6.45) is 4.67. The van der Waals surface area contributed by atoms with Crippen LogP contribution in [0.2, 0.25) is 0 Å². The van der Waals surface area contributed by atoms with Gasteiger partial charge in [0.25, 0.3) is 0 Å². The van der Waals surface area contributed by atoms with Crippen molar-refractivity contribution >= 4 is 6.47 Å². The van der Waals surface area contributed by atoms with Gasteiger partial charge in [-0.25, -0.2) is 4.79 Å². The maximum atomic E-state index is 9.81. The number of ether oxygens (including phenoxy) is 1. The molecule has 1 aliphatic carbocycles. The lowest BCUT2D eigenvalue weighted by Crippen LogP contribution is -2.06. The Morgan fingerprint density at radius 1 is 1.60 bits per heavy atom. The Labute approximate surface area is 61.6 Å². The van der Waals surface area contributed by atoms with Crippen molar-refractivity contribution in [2.24, 2.45) is 5.92 Å². The van der Waals surface area contributed by atoms with Gasteiger partial charge in [0, 0.05) is 0 Å². The van der Waals surface area contributed by atoms with E-state index in [1.54, 1.807) is 0 Å². The first kappa shape index (κ1) is 7.58. The summed E-state index contributed by atoms with van der Waals surface area (Å²) < 4.78 is 4.73. The summed E-state index contributed by atoms with van der Waals surface area (Å²) in [5.41, 5.74) is 0. The predicted octanol–water partition coefficient (Wildman–Crippen LogP) is 1.65. The molecule has 2 atom stereocenters. The maximum Gasteiger partial charge on any atom is 0.417 e. The van der Waals surface area contributed by atoms with E-state index >= 15 is 0 Å². The molecule has 0 aliphatic heterocycles. The third kappa shape index (κ3) is 1.72. The molecule has 0 bridgehead atoms. The molecular weight excluding hydrogens is 128 g/mol. The lowest BCUT2D eigenvalue weighted by Gasteiger charge is -2.05. The molecule has 2 unspecified atom stereocenters. The second-order valence-electron chi connectivity index (χ2n) is 2.91. The van der Waals surface area contributed by atoms with Gasteiger partial charge in [-0.15, -0.1) is 0 Å². The van der Waals surface area contributed by atoms with Gasteiger partial charge in [-0.05, 0) is 25.2 Å². The molecule has 1 aliphatic rings. The van der Waals surface area contributed by atoms with Crippen LogP contribution in [-0.4, -0.2) is 12.6 Å². The summed E-state index contributed by atoms with van der Waals surface area (Å²) in [5, 5.41) is 0. The number of hydrogen-bond donors (Lipinski definition) is 0. The molecule has 0 heterocycles. The highest BCUT2D eigenvalue weighted by Gasteiger charge is 2.24.